The lowest BCUT2D eigenvalue weighted by Crippen LogP contribution is -2.39. The van der Waals surface area contributed by atoms with Gasteiger partial charge < -0.3 is 24.2 Å². The van der Waals surface area contributed by atoms with Gasteiger partial charge in [0, 0.05) is 26.2 Å². The SMILES string of the molecule is COc1cc(OC)c2c(c1C(=O)N(C)C)OC1=CC(O)=C(C(C)=O)C(=O)[C@]12C. The first-order valence-corrected chi connectivity index (χ1v) is 8.49. The van der Waals surface area contributed by atoms with E-state index >= 15 is 0 Å². The Labute approximate surface area is 162 Å². The van der Waals surface area contributed by atoms with Gasteiger partial charge in [0.2, 0.25) is 0 Å². The number of benzene rings is 1. The van der Waals surface area contributed by atoms with E-state index in [2.05, 4.69) is 0 Å². The van der Waals surface area contributed by atoms with E-state index in [-0.39, 0.29) is 34.1 Å². The summed E-state index contributed by atoms with van der Waals surface area (Å²) in [4.78, 5) is 39.4. The van der Waals surface area contributed by atoms with Crippen molar-refractivity contribution in [2.45, 2.75) is 19.3 Å². The van der Waals surface area contributed by atoms with Crippen molar-refractivity contribution in [3.63, 3.8) is 0 Å². The summed E-state index contributed by atoms with van der Waals surface area (Å²) in [5, 5.41) is 10.2. The number of amides is 1. The molecule has 0 unspecified atom stereocenters. The molecule has 1 aliphatic heterocycles. The molecule has 3 rings (SSSR count). The van der Waals surface area contributed by atoms with Gasteiger partial charge in [-0.1, -0.05) is 0 Å². The third-order valence-electron chi connectivity index (χ3n) is 5.03. The van der Waals surface area contributed by atoms with Crippen LogP contribution in [0.2, 0.25) is 0 Å². The normalized spacial score (nSPS) is 20.1. The van der Waals surface area contributed by atoms with Gasteiger partial charge in [0.15, 0.2) is 17.3 Å². The van der Waals surface area contributed by atoms with Gasteiger partial charge in [-0.2, -0.15) is 0 Å². The average molecular weight is 387 g/mol. The number of fused-ring (bicyclic) bond motifs is 3. The van der Waals surface area contributed by atoms with Crippen LogP contribution < -0.4 is 14.2 Å². The molecule has 0 aromatic heterocycles. The van der Waals surface area contributed by atoms with E-state index < -0.39 is 28.6 Å². The predicted molar refractivity (Wildman–Crippen MR) is 99.0 cm³/mol. The van der Waals surface area contributed by atoms with E-state index in [9.17, 15) is 19.5 Å². The van der Waals surface area contributed by atoms with Gasteiger partial charge in [0.1, 0.15) is 39.6 Å². The number of carbonyl (C=O) groups excluding carboxylic acids is 3. The Morgan fingerprint density at radius 3 is 2.29 bits per heavy atom. The van der Waals surface area contributed by atoms with E-state index in [1.807, 2.05) is 0 Å². The Kier molecular flexibility index (Phi) is 4.45. The third kappa shape index (κ3) is 2.41. The highest BCUT2D eigenvalue weighted by atomic mass is 16.5. The zero-order chi connectivity index (χ0) is 21.0. The maximum absolute atomic E-state index is 13.2. The molecular weight excluding hydrogens is 366 g/mol. The van der Waals surface area contributed by atoms with Crippen molar-refractivity contribution in [2.24, 2.45) is 0 Å². The summed E-state index contributed by atoms with van der Waals surface area (Å²) in [7, 11) is 5.98. The first-order chi connectivity index (χ1) is 13.1. The number of ketones is 2. The van der Waals surface area contributed by atoms with E-state index in [0.717, 1.165) is 0 Å². The van der Waals surface area contributed by atoms with Crippen LogP contribution in [-0.4, -0.2) is 55.8 Å². The number of carbonyl (C=O) groups is 3. The summed E-state index contributed by atoms with van der Waals surface area (Å²) in [6, 6.07) is 1.51. The molecule has 1 heterocycles. The quantitative estimate of drug-likeness (QED) is 0.788. The molecule has 0 radical (unpaired) electrons. The number of ether oxygens (including phenoxy) is 3. The van der Waals surface area contributed by atoms with E-state index in [4.69, 9.17) is 14.2 Å². The maximum atomic E-state index is 13.2. The van der Waals surface area contributed by atoms with Gasteiger partial charge in [-0.3, -0.25) is 14.4 Å². The van der Waals surface area contributed by atoms with Crippen molar-refractivity contribution in [2.75, 3.05) is 28.3 Å². The van der Waals surface area contributed by atoms with Crippen molar-refractivity contribution < 1.29 is 33.7 Å². The summed E-state index contributed by atoms with van der Waals surface area (Å²) in [5.41, 5.74) is -1.32. The minimum atomic E-state index is -1.43. The number of hydrogen-bond acceptors (Lipinski definition) is 7. The third-order valence-corrected chi connectivity index (χ3v) is 5.03. The van der Waals surface area contributed by atoms with E-state index in [0.29, 0.717) is 5.56 Å². The average Bonchev–Trinajstić information content (AvgIpc) is 2.93. The molecule has 8 heteroatoms. The van der Waals surface area contributed by atoms with Crippen molar-refractivity contribution in [1.82, 2.24) is 4.90 Å². The largest absolute Gasteiger partial charge is 0.507 e. The van der Waals surface area contributed by atoms with Crippen LogP contribution in [0, 0.1) is 0 Å². The fourth-order valence-corrected chi connectivity index (χ4v) is 3.57. The second-order valence-electron chi connectivity index (χ2n) is 6.94. The summed E-state index contributed by atoms with van der Waals surface area (Å²) in [5.74, 6) is -1.35. The Bertz CT molecular complexity index is 987. The standard InChI is InChI=1S/C20H21NO7/c1-9(22)14-10(23)7-13-20(2,18(14)24)16-12(27-6)8-11(26-5)15(17(16)28-13)19(25)21(3)4/h7-8,23H,1-6H3/t20-/m1/s1. The van der Waals surface area contributed by atoms with E-state index in [1.54, 1.807) is 21.0 Å². The topological polar surface area (TPSA) is 102 Å². The second-order valence-corrected chi connectivity index (χ2v) is 6.94. The number of aliphatic hydroxyl groups excluding tert-OH is 1. The first-order valence-electron chi connectivity index (χ1n) is 8.49. The van der Waals surface area contributed by atoms with Gasteiger partial charge in [-0.05, 0) is 13.8 Å². The number of Topliss-reactive ketones (excluding diaryl/α,β-unsaturated/α-hetero) is 2. The molecular formula is C20H21NO7. The minimum absolute atomic E-state index is 0.106. The Balaban J connectivity index is 2.38. The highest BCUT2D eigenvalue weighted by molar-refractivity contribution is 6.25. The van der Waals surface area contributed by atoms with Crippen LogP contribution in [0.3, 0.4) is 0 Å². The number of aliphatic hydroxyl groups is 1. The van der Waals surface area contributed by atoms with Crippen LogP contribution >= 0.6 is 0 Å². The molecule has 0 saturated carbocycles. The van der Waals surface area contributed by atoms with Crippen molar-refractivity contribution >= 4 is 17.5 Å². The van der Waals surface area contributed by atoms with Crippen LogP contribution in [0.5, 0.6) is 17.2 Å². The molecule has 0 spiro atoms. The molecule has 0 saturated heterocycles. The molecule has 2 aliphatic rings. The lowest BCUT2D eigenvalue weighted by Gasteiger charge is -2.28. The summed E-state index contributed by atoms with van der Waals surface area (Å²) in [6.07, 6.45) is 1.23. The van der Waals surface area contributed by atoms with Crippen molar-refractivity contribution in [1.29, 1.82) is 0 Å². The number of nitrogens with zero attached hydrogens (tertiary/aromatic N) is 1. The molecule has 1 N–H and O–H groups in total. The smallest absolute Gasteiger partial charge is 0.260 e. The monoisotopic (exact) mass is 387 g/mol. The Morgan fingerprint density at radius 2 is 1.79 bits per heavy atom. The summed E-state index contributed by atoms with van der Waals surface area (Å²) >= 11 is 0. The molecule has 1 atom stereocenters. The van der Waals surface area contributed by atoms with Gasteiger partial charge in [0.25, 0.3) is 5.91 Å². The molecule has 28 heavy (non-hydrogen) atoms. The summed E-state index contributed by atoms with van der Waals surface area (Å²) < 4.78 is 16.7. The van der Waals surface area contributed by atoms with Gasteiger partial charge >= 0.3 is 0 Å². The Morgan fingerprint density at radius 1 is 1.18 bits per heavy atom. The molecule has 1 aliphatic carbocycles. The lowest BCUT2D eigenvalue weighted by molar-refractivity contribution is -0.123. The molecule has 0 fully saturated rings. The minimum Gasteiger partial charge on any atom is -0.507 e. The molecule has 0 bridgehead atoms. The lowest BCUT2D eigenvalue weighted by atomic mass is 9.71. The molecule has 1 aromatic rings. The molecule has 1 amide bonds. The van der Waals surface area contributed by atoms with Crippen LogP contribution in [0.1, 0.15) is 29.8 Å². The fraction of sp³-hybridized carbons (Fsp3) is 0.350. The van der Waals surface area contributed by atoms with Crippen LogP contribution in [0.4, 0.5) is 0 Å². The van der Waals surface area contributed by atoms with E-state index in [1.165, 1.54) is 38.2 Å². The predicted octanol–water partition coefficient (Wildman–Crippen LogP) is 1.92. The van der Waals surface area contributed by atoms with Crippen LogP contribution in [0.25, 0.3) is 0 Å². The van der Waals surface area contributed by atoms with Crippen LogP contribution in [0.15, 0.2) is 29.2 Å². The number of allylic oxidation sites excluding steroid dienone is 3. The number of methoxy groups -OCH3 is 2. The zero-order valence-electron chi connectivity index (χ0n) is 16.5. The van der Waals surface area contributed by atoms with Gasteiger partial charge in [0.05, 0.1) is 19.8 Å². The Hall–Kier alpha value is -3.29. The number of rotatable bonds is 4. The maximum Gasteiger partial charge on any atom is 0.260 e. The first kappa shape index (κ1) is 19.5. The van der Waals surface area contributed by atoms with Gasteiger partial charge in [-0.15, -0.1) is 0 Å². The number of hydrogen-bond donors (Lipinski definition) is 1. The van der Waals surface area contributed by atoms with Crippen LogP contribution in [-0.2, 0) is 15.0 Å². The molecule has 8 nitrogen and oxygen atoms in total. The highest BCUT2D eigenvalue weighted by Gasteiger charge is 2.55. The highest BCUT2D eigenvalue weighted by Crippen LogP contribution is 2.56. The zero-order valence-corrected chi connectivity index (χ0v) is 16.5. The fourth-order valence-electron chi connectivity index (χ4n) is 3.57. The molecule has 148 valence electrons. The second kappa shape index (κ2) is 6.40. The molecule has 1 aromatic carbocycles. The van der Waals surface area contributed by atoms with Crippen molar-refractivity contribution in [3.05, 3.63) is 40.4 Å². The van der Waals surface area contributed by atoms with Gasteiger partial charge in [-0.25, -0.2) is 0 Å². The summed E-state index contributed by atoms with van der Waals surface area (Å²) in [6.45, 7) is 2.77. The van der Waals surface area contributed by atoms with Crippen molar-refractivity contribution in [3.8, 4) is 17.2 Å².